The Balaban J connectivity index is 2.47. The molecule has 6 nitrogen and oxygen atoms in total. The highest BCUT2D eigenvalue weighted by Gasteiger charge is 2.22. The number of nitrogens with one attached hydrogen (secondary N) is 1. The third kappa shape index (κ3) is 4.05. The molecular weight excluding hydrogens is 375 g/mol. The second-order valence-electron chi connectivity index (χ2n) is 5.07. The van der Waals surface area contributed by atoms with E-state index in [0.29, 0.717) is 6.42 Å². The van der Waals surface area contributed by atoms with Crippen LogP contribution in [0, 0.1) is 5.82 Å². The summed E-state index contributed by atoms with van der Waals surface area (Å²) in [7, 11) is -6.31. The third-order valence-corrected chi connectivity index (χ3v) is 7.57. The van der Waals surface area contributed by atoms with Crippen LogP contribution in [-0.2, 0) is 26.5 Å². The van der Waals surface area contributed by atoms with Crippen molar-refractivity contribution in [2.75, 3.05) is 22.3 Å². The second-order valence-corrected chi connectivity index (χ2v) is 10.2. The molecular formula is C14H17FN2O4S3. The van der Waals surface area contributed by atoms with Crippen molar-refractivity contribution in [3.8, 4) is 0 Å². The highest BCUT2D eigenvalue weighted by atomic mass is 32.2. The number of halogens is 1. The summed E-state index contributed by atoms with van der Waals surface area (Å²) in [4.78, 5) is 0.892. The Bertz CT molecular complexity index is 952. The number of nitrogens with zero attached hydrogens (tertiary/aromatic N) is 1. The molecule has 1 heterocycles. The monoisotopic (exact) mass is 392 g/mol. The summed E-state index contributed by atoms with van der Waals surface area (Å²) in [5.41, 5.74) is -0.107. The smallest absolute Gasteiger partial charge is 0.271 e. The largest absolute Gasteiger partial charge is 0.277 e. The second kappa shape index (κ2) is 6.69. The number of thiophene rings is 1. The van der Waals surface area contributed by atoms with Crippen LogP contribution in [0.25, 0.3) is 0 Å². The first-order chi connectivity index (χ1) is 11.0. The lowest BCUT2D eigenvalue weighted by Crippen LogP contribution is -2.26. The van der Waals surface area contributed by atoms with Crippen LogP contribution in [0.2, 0.25) is 0 Å². The highest BCUT2D eigenvalue weighted by Crippen LogP contribution is 2.31. The van der Waals surface area contributed by atoms with Gasteiger partial charge in [-0.05, 0) is 30.7 Å². The Labute approximate surface area is 145 Å². The molecule has 0 saturated carbocycles. The van der Waals surface area contributed by atoms with E-state index in [1.807, 2.05) is 6.92 Å². The number of hydrogen-bond acceptors (Lipinski definition) is 5. The summed E-state index contributed by atoms with van der Waals surface area (Å²) < 4.78 is 65.1. The van der Waals surface area contributed by atoms with Crippen LogP contribution >= 0.6 is 11.3 Å². The molecule has 2 rings (SSSR count). The van der Waals surface area contributed by atoms with Gasteiger partial charge in [-0.25, -0.2) is 21.2 Å². The molecule has 24 heavy (non-hydrogen) atoms. The third-order valence-electron chi connectivity index (χ3n) is 3.29. The topological polar surface area (TPSA) is 83.6 Å². The Morgan fingerprint density at radius 2 is 1.83 bits per heavy atom. The Morgan fingerprint density at radius 1 is 1.17 bits per heavy atom. The van der Waals surface area contributed by atoms with Gasteiger partial charge in [0.05, 0.1) is 17.6 Å². The van der Waals surface area contributed by atoms with Gasteiger partial charge in [0.15, 0.2) is 0 Å². The fourth-order valence-electron chi connectivity index (χ4n) is 1.93. The van der Waals surface area contributed by atoms with Gasteiger partial charge in [-0.1, -0.05) is 6.92 Å². The molecule has 0 radical (unpaired) electrons. The molecule has 0 aliphatic heterocycles. The van der Waals surface area contributed by atoms with Gasteiger partial charge in [-0.2, -0.15) is 0 Å². The van der Waals surface area contributed by atoms with Gasteiger partial charge in [0, 0.05) is 18.0 Å². The number of benzene rings is 1. The molecule has 0 aliphatic carbocycles. The zero-order valence-corrected chi connectivity index (χ0v) is 15.7. The zero-order chi connectivity index (χ0) is 18.1. The van der Waals surface area contributed by atoms with E-state index in [2.05, 4.69) is 4.72 Å². The van der Waals surface area contributed by atoms with Crippen molar-refractivity contribution in [3.63, 3.8) is 0 Å². The SMILES string of the molecule is CCc1ccc(S(=O)(=O)Nc2cc(F)ccc2N(C)S(C)(=O)=O)s1. The van der Waals surface area contributed by atoms with E-state index in [4.69, 9.17) is 0 Å². The van der Waals surface area contributed by atoms with Crippen LogP contribution in [0.1, 0.15) is 11.8 Å². The van der Waals surface area contributed by atoms with Crippen molar-refractivity contribution in [2.45, 2.75) is 17.6 Å². The number of rotatable bonds is 6. The van der Waals surface area contributed by atoms with Crippen molar-refractivity contribution >= 4 is 42.8 Å². The van der Waals surface area contributed by atoms with E-state index < -0.39 is 25.9 Å². The van der Waals surface area contributed by atoms with Crippen molar-refractivity contribution < 1.29 is 21.2 Å². The zero-order valence-electron chi connectivity index (χ0n) is 13.3. The van der Waals surface area contributed by atoms with E-state index in [1.165, 1.54) is 19.2 Å². The number of hydrogen-bond donors (Lipinski definition) is 1. The first-order valence-corrected chi connectivity index (χ1v) is 11.0. The van der Waals surface area contributed by atoms with Crippen LogP contribution in [0.3, 0.4) is 0 Å². The summed E-state index contributed by atoms with van der Waals surface area (Å²) in [6.07, 6.45) is 1.67. The molecule has 2 aromatic rings. The lowest BCUT2D eigenvalue weighted by atomic mass is 10.2. The minimum atomic E-state index is -3.94. The molecule has 0 spiro atoms. The first kappa shape index (κ1) is 18.7. The van der Waals surface area contributed by atoms with Crippen LogP contribution in [0.5, 0.6) is 0 Å². The maximum Gasteiger partial charge on any atom is 0.271 e. The van der Waals surface area contributed by atoms with Gasteiger partial charge in [0.2, 0.25) is 10.0 Å². The van der Waals surface area contributed by atoms with Gasteiger partial charge < -0.3 is 0 Å². The molecule has 0 unspecified atom stereocenters. The average molecular weight is 392 g/mol. The van der Waals surface area contributed by atoms with E-state index in [-0.39, 0.29) is 15.6 Å². The molecule has 0 aliphatic rings. The molecule has 1 N–H and O–H groups in total. The first-order valence-electron chi connectivity index (χ1n) is 6.89. The molecule has 0 bridgehead atoms. The Morgan fingerprint density at radius 3 is 2.38 bits per heavy atom. The fraction of sp³-hybridized carbons (Fsp3) is 0.286. The summed E-state index contributed by atoms with van der Waals surface area (Å²) in [5.74, 6) is -0.682. The minimum Gasteiger partial charge on any atom is -0.277 e. The maximum atomic E-state index is 13.5. The van der Waals surface area contributed by atoms with Gasteiger partial charge in [0.25, 0.3) is 10.0 Å². The Hall–Kier alpha value is -1.65. The van der Waals surface area contributed by atoms with Crippen molar-refractivity contribution in [2.24, 2.45) is 0 Å². The standard InChI is InChI=1S/C14H17FN2O4S3/c1-4-11-6-8-14(22-11)24(20,21)16-12-9-10(15)5-7-13(12)17(2)23(3,18)19/h5-9,16H,4H2,1-3H3. The molecule has 1 aromatic carbocycles. The predicted molar refractivity (Wildman–Crippen MR) is 94.2 cm³/mol. The molecule has 0 atom stereocenters. The number of aryl methyl sites for hydroxylation is 1. The van der Waals surface area contributed by atoms with Crippen LogP contribution in [-0.4, -0.2) is 30.1 Å². The summed E-state index contributed by atoms with van der Waals surface area (Å²) in [6.45, 7) is 1.90. The van der Waals surface area contributed by atoms with Crippen molar-refractivity contribution in [1.29, 1.82) is 0 Å². The molecule has 10 heteroatoms. The molecule has 132 valence electrons. The van der Waals surface area contributed by atoms with Crippen LogP contribution in [0.4, 0.5) is 15.8 Å². The molecule has 0 saturated heterocycles. The quantitative estimate of drug-likeness (QED) is 0.819. The Kier molecular flexibility index (Phi) is 5.21. The minimum absolute atomic E-state index is 0.0368. The normalized spacial score (nSPS) is 12.2. The lowest BCUT2D eigenvalue weighted by Gasteiger charge is -2.20. The average Bonchev–Trinajstić information content (AvgIpc) is 2.95. The van der Waals surface area contributed by atoms with Crippen molar-refractivity contribution in [3.05, 3.63) is 41.0 Å². The fourth-order valence-corrected chi connectivity index (χ4v) is 4.81. The van der Waals surface area contributed by atoms with Crippen LogP contribution in [0.15, 0.2) is 34.5 Å². The molecule has 1 aromatic heterocycles. The van der Waals surface area contributed by atoms with E-state index in [9.17, 15) is 21.2 Å². The van der Waals surface area contributed by atoms with Gasteiger partial charge in [-0.15, -0.1) is 11.3 Å². The van der Waals surface area contributed by atoms with Crippen molar-refractivity contribution in [1.82, 2.24) is 0 Å². The van der Waals surface area contributed by atoms with E-state index in [1.54, 1.807) is 6.07 Å². The molecule has 0 fully saturated rings. The number of anilines is 2. The highest BCUT2D eigenvalue weighted by molar-refractivity contribution is 7.94. The summed E-state index contributed by atoms with van der Waals surface area (Å²) >= 11 is 1.11. The van der Waals surface area contributed by atoms with E-state index in [0.717, 1.165) is 38.9 Å². The molecule has 0 amide bonds. The maximum absolute atomic E-state index is 13.5. The lowest BCUT2D eigenvalue weighted by molar-refractivity contribution is 0.598. The predicted octanol–water partition coefficient (Wildman–Crippen LogP) is 2.65. The summed E-state index contributed by atoms with van der Waals surface area (Å²) in [6, 6.07) is 6.39. The summed E-state index contributed by atoms with van der Waals surface area (Å²) in [5, 5.41) is 0. The number of sulfonamides is 2. The van der Waals surface area contributed by atoms with E-state index >= 15 is 0 Å². The van der Waals surface area contributed by atoms with Gasteiger partial charge >= 0.3 is 0 Å². The van der Waals surface area contributed by atoms with Crippen LogP contribution < -0.4 is 9.03 Å². The van der Waals surface area contributed by atoms with Gasteiger partial charge in [0.1, 0.15) is 10.0 Å². The van der Waals surface area contributed by atoms with Gasteiger partial charge in [-0.3, -0.25) is 9.03 Å².